The molecule has 1 amide bonds. The molecule has 0 radical (unpaired) electrons. The van der Waals surface area contributed by atoms with Crippen LogP contribution >= 0.6 is 11.3 Å². The van der Waals surface area contributed by atoms with Crippen LogP contribution in [-0.2, 0) is 10.4 Å². The summed E-state index contributed by atoms with van der Waals surface area (Å²) in [5.41, 5.74) is 1.98. The zero-order valence-electron chi connectivity index (χ0n) is 15.2. The van der Waals surface area contributed by atoms with Crippen LogP contribution in [0.15, 0.2) is 55.0 Å². The van der Waals surface area contributed by atoms with E-state index >= 15 is 0 Å². The molecular weight excluding hydrogens is 372 g/mol. The highest BCUT2D eigenvalue weighted by molar-refractivity contribution is 7.18. The van der Waals surface area contributed by atoms with E-state index in [2.05, 4.69) is 15.0 Å². The van der Waals surface area contributed by atoms with Crippen molar-refractivity contribution in [3.05, 3.63) is 60.6 Å². The van der Waals surface area contributed by atoms with E-state index in [-0.39, 0.29) is 5.91 Å². The summed E-state index contributed by atoms with van der Waals surface area (Å²) in [4.78, 5) is 27.1. The molecule has 3 aromatic heterocycles. The number of fused-ring (bicyclic) bond motifs is 1. The molecule has 4 aromatic rings. The first-order valence-electron chi connectivity index (χ1n) is 9.03. The molecule has 1 aliphatic heterocycles. The van der Waals surface area contributed by atoms with Crippen molar-refractivity contribution >= 4 is 28.3 Å². The summed E-state index contributed by atoms with van der Waals surface area (Å²) in [6, 6.07) is 11.5. The maximum Gasteiger partial charge on any atom is 0.258 e. The number of amides is 1. The minimum Gasteiger partial charge on any atom is -0.375 e. The highest BCUT2D eigenvalue weighted by Gasteiger charge is 2.45. The molecule has 140 valence electrons. The predicted octanol–water partition coefficient (Wildman–Crippen LogP) is 3.40. The van der Waals surface area contributed by atoms with Crippen LogP contribution < -0.4 is 0 Å². The summed E-state index contributed by atoms with van der Waals surface area (Å²) in [5, 5.41) is 12.9. The lowest BCUT2D eigenvalue weighted by molar-refractivity contribution is -0.143. The Labute approximate surface area is 165 Å². The van der Waals surface area contributed by atoms with Gasteiger partial charge >= 0.3 is 0 Å². The summed E-state index contributed by atoms with van der Waals surface area (Å²) in [7, 11) is 1.72. The first kappa shape index (κ1) is 17.1. The number of thiazole rings is 1. The number of rotatable bonds is 3. The van der Waals surface area contributed by atoms with Gasteiger partial charge in [-0.25, -0.2) is 9.97 Å². The first-order chi connectivity index (χ1) is 13.6. The molecule has 5 rings (SSSR count). The number of likely N-dealkylation sites (tertiary alicyclic amines) is 1. The number of aliphatic hydroxyl groups is 1. The van der Waals surface area contributed by atoms with Gasteiger partial charge in [-0.15, -0.1) is 11.3 Å². The Balaban J connectivity index is 1.52. The van der Waals surface area contributed by atoms with Gasteiger partial charge in [0.1, 0.15) is 10.7 Å². The number of hydrogen-bond donors (Lipinski definition) is 2. The topological polar surface area (TPSA) is 82.1 Å². The summed E-state index contributed by atoms with van der Waals surface area (Å²) >= 11 is 1.57. The fraction of sp³-hybridized carbons (Fsp3) is 0.190. The summed E-state index contributed by atoms with van der Waals surface area (Å²) in [5.74, 6) is -0.249. The number of aromatic amines is 1. The van der Waals surface area contributed by atoms with Crippen molar-refractivity contribution in [2.24, 2.45) is 0 Å². The summed E-state index contributed by atoms with van der Waals surface area (Å²) < 4.78 is 0. The SMILES string of the molecule is CN1CC[C@@](O)(c2cccc(-c3cnc(-c4c[nH]c5ncccc45)s3)c2)C1=O. The van der Waals surface area contributed by atoms with E-state index in [1.54, 1.807) is 29.5 Å². The third-order valence-corrected chi connectivity index (χ3v) is 6.40. The number of H-pyrrole nitrogens is 1. The van der Waals surface area contributed by atoms with Crippen molar-refractivity contribution in [1.82, 2.24) is 19.9 Å². The van der Waals surface area contributed by atoms with Gasteiger partial charge in [-0.05, 0) is 29.3 Å². The van der Waals surface area contributed by atoms with E-state index in [0.717, 1.165) is 32.0 Å². The number of nitrogens with zero attached hydrogens (tertiary/aromatic N) is 3. The van der Waals surface area contributed by atoms with Gasteiger partial charge in [0.05, 0.1) is 4.88 Å². The zero-order valence-corrected chi connectivity index (χ0v) is 16.0. The zero-order chi connectivity index (χ0) is 19.3. The van der Waals surface area contributed by atoms with Gasteiger partial charge < -0.3 is 15.0 Å². The summed E-state index contributed by atoms with van der Waals surface area (Å²) in [6.07, 6.45) is 5.92. The molecule has 1 aliphatic rings. The number of pyridine rings is 1. The van der Waals surface area contributed by atoms with Gasteiger partial charge in [-0.2, -0.15) is 0 Å². The first-order valence-corrected chi connectivity index (χ1v) is 9.85. The summed E-state index contributed by atoms with van der Waals surface area (Å²) in [6.45, 7) is 0.554. The van der Waals surface area contributed by atoms with Crippen LogP contribution in [0.3, 0.4) is 0 Å². The number of likely N-dealkylation sites (N-methyl/N-ethyl adjacent to an activating group) is 1. The Hall–Kier alpha value is -3.03. The number of aromatic nitrogens is 3. The average molecular weight is 390 g/mol. The third kappa shape index (κ3) is 2.55. The minimum absolute atomic E-state index is 0.249. The van der Waals surface area contributed by atoms with Crippen LogP contribution in [0.5, 0.6) is 0 Å². The fourth-order valence-corrected chi connectivity index (χ4v) is 4.66. The van der Waals surface area contributed by atoms with Gasteiger partial charge in [0.25, 0.3) is 5.91 Å². The second kappa shape index (κ2) is 6.25. The Bertz CT molecular complexity index is 1200. The van der Waals surface area contributed by atoms with Crippen molar-refractivity contribution < 1.29 is 9.90 Å². The minimum atomic E-state index is -1.44. The molecule has 6 nitrogen and oxygen atoms in total. The Morgan fingerprint density at radius 3 is 2.96 bits per heavy atom. The quantitative estimate of drug-likeness (QED) is 0.562. The van der Waals surface area contributed by atoms with Crippen molar-refractivity contribution in [3.63, 3.8) is 0 Å². The smallest absolute Gasteiger partial charge is 0.258 e. The maximum atomic E-state index is 12.4. The Morgan fingerprint density at radius 2 is 2.14 bits per heavy atom. The largest absolute Gasteiger partial charge is 0.375 e. The third-order valence-electron chi connectivity index (χ3n) is 5.32. The molecule has 28 heavy (non-hydrogen) atoms. The van der Waals surface area contributed by atoms with E-state index in [4.69, 9.17) is 0 Å². The van der Waals surface area contributed by atoms with Crippen LogP contribution in [0.2, 0.25) is 0 Å². The molecule has 0 spiro atoms. The molecule has 2 N–H and O–H groups in total. The van der Waals surface area contributed by atoms with Gasteiger partial charge in [-0.3, -0.25) is 4.79 Å². The van der Waals surface area contributed by atoms with Crippen LogP contribution in [0.4, 0.5) is 0 Å². The second-order valence-corrected chi connectivity index (χ2v) is 8.08. The van der Waals surface area contributed by atoms with Crippen LogP contribution in [-0.4, -0.2) is 44.5 Å². The number of benzene rings is 1. The van der Waals surface area contributed by atoms with Gasteiger partial charge in [0, 0.05) is 49.6 Å². The molecule has 1 atom stereocenters. The van der Waals surface area contributed by atoms with E-state index in [1.165, 1.54) is 0 Å². The highest BCUT2D eigenvalue weighted by Crippen LogP contribution is 2.38. The normalized spacial score (nSPS) is 19.6. The lowest BCUT2D eigenvalue weighted by atomic mass is 9.91. The fourth-order valence-electron chi connectivity index (χ4n) is 3.72. The van der Waals surface area contributed by atoms with Crippen LogP contribution in [0.25, 0.3) is 32.0 Å². The molecule has 1 aromatic carbocycles. The number of carbonyl (C=O) groups is 1. The Kier molecular flexibility index (Phi) is 3.82. The number of carbonyl (C=O) groups excluding carboxylic acids is 1. The predicted molar refractivity (Wildman–Crippen MR) is 109 cm³/mol. The lowest BCUT2D eigenvalue weighted by Gasteiger charge is -2.21. The van der Waals surface area contributed by atoms with E-state index in [9.17, 15) is 9.90 Å². The molecule has 0 aliphatic carbocycles. The van der Waals surface area contributed by atoms with Gasteiger partial charge in [0.15, 0.2) is 5.60 Å². The molecule has 4 heterocycles. The van der Waals surface area contributed by atoms with Crippen LogP contribution in [0.1, 0.15) is 12.0 Å². The van der Waals surface area contributed by atoms with Crippen molar-refractivity contribution in [2.45, 2.75) is 12.0 Å². The monoisotopic (exact) mass is 390 g/mol. The van der Waals surface area contributed by atoms with E-state index in [0.29, 0.717) is 18.5 Å². The van der Waals surface area contributed by atoms with Gasteiger partial charge in [0.2, 0.25) is 0 Å². The van der Waals surface area contributed by atoms with E-state index < -0.39 is 5.60 Å². The average Bonchev–Trinajstić information content (AvgIpc) is 3.43. The van der Waals surface area contributed by atoms with Crippen molar-refractivity contribution in [3.8, 4) is 21.0 Å². The molecule has 0 bridgehead atoms. The number of hydrogen-bond acceptors (Lipinski definition) is 5. The second-order valence-electron chi connectivity index (χ2n) is 7.05. The highest BCUT2D eigenvalue weighted by atomic mass is 32.1. The molecule has 7 heteroatoms. The molecule has 0 saturated carbocycles. The number of nitrogens with one attached hydrogen (secondary N) is 1. The standard InChI is InChI=1S/C21H18N4O2S/c1-25-9-7-21(27,20(25)26)14-5-2-4-13(10-14)17-12-24-19(28-17)16-11-23-18-15(16)6-3-8-22-18/h2-6,8,10-12,27H,7,9H2,1H3,(H,22,23)/t21-/m1/s1. The Morgan fingerprint density at radius 1 is 1.25 bits per heavy atom. The molecule has 0 unspecified atom stereocenters. The maximum absolute atomic E-state index is 12.4. The lowest BCUT2D eigenvalue weighted by Crippen LogP contribution is -2.36. The molecule has 1 fully saturated rings. The van der Waals surface area contributed by atoms with Crippen molar-refractivity contribution in [1.29, 1.82) is 0 Å². The molecular formula is C21H18N4O2S. The molecule has 1 saturated heterocycles. The van der Waals surface area contributed by atoms with Gasteiger partial charge in [-0.1, -0.05) is 18.2 Å². The van der Waals surface area contributed by atoms with Crippen molar-refractivity contribution in [2.75, 3.05) is 13.6 Å². The van der Waals surface area contributed by atoms with E-state index in [1.807, 2.05) is 48.8 Å². The van der Waals surface area contributed by atoms with Crippen LogP contribution in [0, 0.1) is 0 Å².